The molecule has 8 heteroatoms. The third-order valence-corrected chi connectivity index (χ3v) is 6.68. The fourth-order valence-corrected chi connectivity index (χ4v) is 4.70. The van der Waals surface area contributed by atoms with E-state index in [0.29, 0.717) is 30.8 Å². The van der Waals surface area contributed by atoms with E-state index in [4.69, 9.17) is 0 Å². The molecule has 28 heavy (non-hydrogen) atoms. The molecule has 1 atom stereocenters. The first-order valence-corrected chi connectivity index (χ1v) is 12.6. The lowest BCUT2D eigenvalue weighted by Crippen LogP contribution is -2.49. The molecule has 0 aromatic heterocycles. The van der Waals surface area contributed by atoms with Crippen molar-refractivity contribution in [2.75, 3.05) is 25.1 Å². The Morgan fingerprint density at radius 2 is 1.68 bits per heavy atom. The largest absolute Gasteiger partial charge is 0.353 e. The van der Waals surface area contributed by atoms with Gasteiger partial charge in [-0.25, -0.2) is 8.42 Å². The summed E-state index contributed by atoms with van der Waals surface area (Å²) in [6.45, 7) is 11.6. The molecule has 1 aromatic rings. The molecule has 1 amide bonds. The van der Waals surface area contributed by atoms with Gasteiger partial charge in [-0.2, -0.15) is 16.5 Å². The number of benzene rings is 1. The van der Waals surface area contributed by atoms with Crippen LogP contribution in [0.15, 0.2) is 29.2 Å². The third-order valence-electron chi connectivity index (χ3n) is 4.55. The van der Waals surface area contributed by atoms with Crippen molar-refractivity contribution in [2.24, 2.45) is 0 Å². The smallest absolute Gasteiger partial charge is 0.241 e. The molecule has 0 fully saturated rings. The van der Waals surface area contributed by atoms with Crippen LogP contribution in [0.2, 0.25) is 0 Å². The molecule has 1 aromatic carbocycles. The van der Waals surface area contributed by atoms with E-state index in [0.717, 1.165) is 12.1 Å². The van der Waals surface area contributed by atoms with Gasteiger partial charge in [-0.1, -0.05) is 17.7 Å². The van der Waals surface area contributed by atoms with Gasteiger partial charge >= 0.3 is 0 Å². The lowest BCUT2D eigenvalue weighted by atomic mass is 10.2. The quantitative estimate of drug-likeness (QED) is 0.534. The summed E-state index contributed by atoms with van der Waals surface area (Å²) in [5, 5.41) is 2.90. The average Bonchev–Trinajstić information content (AvgIpc) is 2.61. The number of hydrogen-bond acceptors (Lipinski definition) is 5. The van der Waals surface area contributed by atoms with E-state index in [1.54, 1.807) is 36.0 Å². The van der Waals surface area contributed by atoms with Crippen LogP contribution in [-0.2, 0) is 14.8 Å². The number of carbonyl (C=O) groups is 1. The summed E-state index contributed by atoms with van der Waals surface area (Å²) in [5.74, 6) is 0.413. The zero-order valence-corrected chi connectivity index (χ0v) is 19.5. The second-order valence-electron chi connectivity index (χ2n) is 7.48. The van der Waals surface area contributed by atoms with Crippen molar-refractivity contribution in [1.29, 1.82) is 0 Å². The highest BCUT2D eigenvalue weighted by molar-refractivity contribution is 7.98. The highest BCUT2D eigenvalue weighted by atomic mass is 32.2. The number of sulfonamides is 1. The van der Waals surface area contributed by atoms with Gasteiger partial charge in [0.25, 0.3) is 0 Å². The molecule has 160 valence electrons. The normalized spacial score (nSPS) is 13.3. The topological polar surface area (TPSA) is 78.5 Å². The van der Waals surface area contributed by atoms with Gasteiger partial charge in [0.1, 0.15) is 6.04 Å². The predicted octanol–water partition coefficient (Wildman–Crippen LogP) is 2.63. The number of thioether (sulfide) groups is 1. The van der Waals surface area contributed by atoms with Crippen molar-refractivity contribution in [3.05, 3.63) is 29.8 Å². The summed E-state index contributed by atoms with van der Waals surface area (Å²) in [4.78, 5) is 15.1. The van der Waals surface area contributed by atoms with E-state index in [9.17, 15) is 13.2 Å². The van der Waals surface area contributed by atoms with Crippen molar-refractivity contribution in [3.63, 3.8) is 0 Å². The van der Waals surface area contributed by atoms with Gasteiger partial charge in [-0.05, 0) is 65.2 Å². The van der Waals surface area contributed by atoms with Crippen LogP contribution in [0.1, 0.15) is 39.7 Å². The summed E-state index contributed by atoms with van der Waals surface area (Å²) in [6, 6.07) is 6.59. The zero-order valence-electron chi connectivity index (χ0n) is 17.9. The van der Waals surface area contributed by atoms with Gasteiger partial charge in [-0.3, -0.25) is 9.69 Å². The van der Waals surface area contributed by atoms with Crippen LogP contribution in [0.25, 0.3) is 0 Å². The summed E-state index contributed by atoms with van der Waals surface area (Å²) < 4.78 is 27.9. The van der Waals surface area contributed by atoms with Crippen molar-refractivity contribution >= 4 is 27.7 Å². The average molecular weight is 430 g/mol. The van der Waals surface area contributed by atoms with Gasteiger partial charge in [0.05, 0.1) is 4.90 Å². The lowest BCUT2D eigenvalue weighted by molar-refractivity contribution is -0.122. The second-order valence-corrected chi connectivity index (χ2v) is 10.2. The van der Waals surface area contributed by atoms with Crippen molar-refractivity contribution in [2.45, 2.75) is 64.1 Å². The molecule has 1 unspecified atom stereocenters. The van der Waals surface area contributed by atoms with E-state index in [-0.39, 0.29) is 10.8 Å². The molecule has 2 N–H and O–H groups in total. The maximum atomic E-state index is 12.7. The maximum Gasteiger partial charge on any atom is 0.241 e. The molecule has 1 rings (SSSR count). The molecular weight excluding hydrogens is 394 g/mol. The summed E-state index contributed by atoms with van der Waals surface area (Å²) in [6.07, 6.45) is 2.38. The number of hydrogen-bond donors (Lipinski definition) is 2. The monoisotopic (exact) mass is 429 g/mol. The van der Waals surface area contributed by atoms with E-state index in [1.165, 1.54) is 0 Å². The zero-order chi connectivity index (χ0) is 21.3. The first-order valence-electron chi connectivity index (χ1n) is 9.70. The SMILES string of the molecule is CSCCC(NS(=O)(=O)c1ccc(C)cc1)C(=O)NCCN(C(C)C)C(C)C. The first kappa shape index (κ1) is 24.9. The van der Waals surface area contributed by atoms with E-state index >= 15 is 0 Å². The van der Waals surface area contributed by atoms with Gasteiger partial charge in [0.2, 0.25) is 15.9 Å². The number of amides is 1. The number of aryl methyl sites for hydroxylation is 1. The highest BCUT2D eigenvalue weighted by Gasteiger charge is 2.25. The number of nitrogens with zero attached hydrogens (tertiary/aromatic N) is 1. The molecule has 0 aliphatic rings. The Kier molecular flexibility index (Phi) is 10.5. The fraction of sp³-hybridized carbons (Fsp3) is 0.650. The maximum absolute atomic E-state index is 12.7. The molecule has 0 saturated heterocycles. The van der Waals surface area contributed by atoms with Gasteiger partial charge in [-0.15, -0.1) is 0 Å². The van der Waals surface area contributed by atoms with Crippen LogP contribution < -0.4 is 10.0 Å². The number of carbonyl (C=O) groups excluding carboxylic acids is 1. The molecular formula is C20H35N3O3S2. The Balaban J connectivity index is 2.78. The Labute approximate surface area is 174 Å². The summed E-state index contributed by atoms with van der Waals surface area (Å²) in [5.41, 5.74) is 0.982. The highest BCUT2D eigenvalue weighted by Crippen LogP contribution is 2.12. The number of rotatable bonds is 12. The van der Waals surface area contributed by atoms with Crippen LogP contribution >= 0.6 is 11.8 Å². The van der Waals surface area contributed by atoms with Crippen LogP contribution in [0.4, 0.5) is 0 Å². The predicted molar refractivity (Wildman–Crippen MR) is 118 cm³/mol. The van der Waals surface area contributed by atoms with E-state index in [2.05, 4.69) is 42.6 Å². The molecule has 0 aliphatic carbocycles. The molecule has 0 spiro atoms. The van der Waals surface area contributed by atoms with Crippen molar-refractivity contribution < 1.29 is 13.2 Å². The van der Waals surface area contributed by atoms with Gasteiger partial charge < -0.3 is 5.32 Å². The summed E-state index contributed by atoms with van der Waals surface area (Å²) in [7, 11) is -3.75. The molecule has 0 aliphatic heterocycles. The van der Waals surface area contributed by atoms with Gasteiger partial charge in [0.15, 0.2) is 0 Å². The van der Waals surface area contributed by atoms with E-state index in [1.807, 2.05) is 13.2 Å². The van der Waals surface area contributed by atoms with Gasteiger partial charge in [0, 0.05) is 25.2 Å². The lowest BCUT2D eigenvalue weighted by Gasteiger charge is -2.30. The van der Waals surface area contributed by atoms with Crippen LogP contribution in [0, 0.1) is 6.92 Å². The standard InChI is InChI=1S/C20H35N3O3S2/c1-15(2)23(16(3)4)13-12-21-20(24)19(11-14-27-6)22-28(25,26)18-9-7-17(5)8-10-18/h7-10,15-16,19,22H,11-14H2,1-6H3,(H,21,24). The van der Waals surface area contributed by atoms with Crippen LogP contribution in [0.3, 0.4) is 0 Å². The molecule has 0 heterocycles. The molecule has 0 bridgehead atoms. The van der Waals surface area contributed by atoms with Crippen molar-refractivity contribution in [1.82, 2.24) is 14.9 Å². The Hall–Kier alpha value is -1.09. The fourth-order valence-electron chi connectivity index (χ4n) is 3.00. The number of nitrogens with one attached hydrogen (secondary N) is 2. The third kappa shape index (κ3) is 8.11. The molecule has 0 radical (unpaired) electrons. The van der Waals surface area contributed by atoms with Crippen LogP contribution in [0.5, 0.6) is 0 Å². The second kappa shape index (κ2) is 11.8. The van der Waals surface area contributed by atoms with Crippen LogP contribution in [-0.4, -0.2) is 62.4 Å². The molecule has 6 nitrogen and oxygen atoms in total. The Morgan fingerprint density at radius 1 is 1.11 bits per heavy atom. The first-order chi connectivity index (χ1) is 13.1. The van der Waals surface area contributed by atoms with Crippen molar-refractivity contribution in [3.8, 4) is 0 Å². The van der Waals surface area contributed by atoms with E-state index < -0.39 is 16.1 Å². The summed E-state index contributed by atoms with van der Waals surface area (Å²) >= 11 is 1.58. The Morgan fingerprint density at radius 3 is 2.18 bits per heavy atom. The molecule has 0 saturated carbocycles. The minimum absolute atomic E-state index is 0.172. The minimum atomic E-state index is -3.75. The Bertz CT molecular complexity index is 696. The minimum Gasteiger partial charge on any atom is -0.353 e.